The molecule has 0 bridgehead atoms. The quantitative estimate of drug-likeness (QED) is 0.518. The summed E-state index contributed by atoms with van der Waals surface area (Å²) in [6.07, 6.45) is 0. The lowest BCUT2D eigenvalue weighted by Crippen LogP contribution is -2.26. The summed E-state index contributed by atoms with van der Waals surface area (Å²) in [7, 11) is 0. The van der Waals surface area contributed by atoms with Gasteiger partial charge in [0.05, 0.1) is 18.2 Å². The van der Waals surface area contributed by atoms with Crippen LogP contribution in [0.1, 0.15) is 41.7 Å². The first kappa shape index (κ1) is 17.2. The molecular formula is C22H22N2O3. The molecule has 27 heavy (non-hydrogen) atoms. The fourth-order valence-electron chi connectivity index (χ4n) is 3.45. The van der Waals surface area contributed by atoms with Gasteiger partial charge in [-0.15, -0.1) is 0 Å². The number of carbonyl (C=O) groups is 1. The zero-order chi connectivity index (χ0) is 19.0. The van der Waals surface area contributed by atoms with Gasteiger partial charge < -0.3 is 19.5 Å². The van der Waals surface area contributed by atoms with Crippen LogP contribution in [-0.4, -0.2) is 17.5 Å². The van der Waals surface area contributed by atoms with E-state index in [9.17, 15) is 4.79 Å². The summed E-state index contributed by atoms with van der Waals surface area (Å²) in [6, 6.07) is 15.3. The van der Waals surface area contributed by atoms with Crippen molar-refractivity contribution in [2.45, 2.75) is 26.8 Å². The molecule has 5 nitrogen and oxygen atoms in total. The van der Waals surface area contributed by atoms with Gasteiger partial charge in [-0.1, -0.05) is 30.3 Å². The number of aryl methyl sites for hydroxylation is 1. The van der Waals surface area contributed by atoms with Gasteiger partial charge in [0.1, 0.15) is 5.76 Å². The average molecular weight is 362 g/mol. The molecule has 2 aromatic carbocycles. The molecule has 5 heteroatoms. The van der Waals surface area contributed by atoms with Crippen LogP contribution in [0.25, 0.3) is 21.9 Å². The summed E-state index contributed by atoms with van der Waals surface area (Å²) < 4.78 is 11.6. The van der Waals surface area contributed by atoms with E-state index in [1.807, 2.05) is 69.3 Å². The minimum atomic E-state index is -0.271. The van der Waals surface area contributed by atoms with Gasteiger partial charge in [0, 0.05) is 22.0 Å². The van der Waals surface area contributed by atoms with Gasteiger partial charge in [-0.25, -0.2) is 0 Å². The van der Waals surface area contributed by atoms with Crippen LogP contribution in [0, 0.1) is 6.92 Å². The van der Waals surface area contributed by atoms with Crippen LogP contribution in [0.5, 0.6) is 5.75 Å². The van der Waals surface area contributed by atoms with Crippen LogP contribution in [0.4, 0.5) is 0 Å². The maximum Gasteiger partial charge on any atom is 0.254 e. The number of hydrogen-bond donors (Lipinski definition) is 2. The number of benzene rings is 2. The first-order valence-electron chi connectivity index (χ1n) is 9.12. The standard InChI is InChI=1S/C22H22N2O3/c1-4-26-18-11-7-8-15-12-19(27-21(15)18)13(2)24-22(25)20-14(3)23-17-10-6-5-9-16(17)20/h5-13,23H,4H2,1-3H3,(H,24,25). The number of para-hydroxylation sites is 2. The molecule has 0 saturated carbocycles. The van der Waals surface area contributed by atoms with Gasteiger partial charge in [-0.2, -0.15) is 0 Å². The molecular weight excluding hydrogens is 340 g/mol. The monoisotopic (exact) mass is 362 g/mol. The van der Waals surface area contributed by atoms with Crippen molar-refractivity contribution in [2.75, 3.05) is 6.61 Å². The number of fused-ring (bicyclic) bond motifs is 2. The predicted octanol–water partition coefficient (Wildman–Crippen LogP) is 5.11. The van der Waals surface area contributed by atoms with Crippen LogP contribution >= 0.6 is 0 Å². The smallest absolute Gasteiger partial charge is 0.254 e. The fourth-order valence-corrected chi connectivity index (χ4v) is 3.45. The van der Waals surface area contributed by atoms with Crippen molar-refractivity contribution in [3.8, 4) is 5.75 Å². The summed E-state index contributed by atoms with van der Waals surface area (Å²) in [5, 5.41) is 4.93. The third-order valence-electron chi connectivity index (χ3n) is 4.72. The normalized spacial score (nSPS) is 12.4. The summed E-state index contributed by atoms with van der Waals surface area (Å²) in [5.41, 5.74) is 3.18. The Morgan fingerprint density at radius 3 is 2.85 bits per heavy atom. The van der Waals surface area contributed by atoms with Gasteiger partial charge >= 0.3 is 0 Å². The van der Waals surface area contributed by atoms with Crippen LogP contribution in [0.3, 0.4) is 0 Å². The summed E-state index contributed by atoms with van der Waals surface area (Å²) in [6.45, 7) is 6.34. The highest BCUT2D eigenvalue weighted by atomic mass is 16.5. The van der Waals surface area contributed by atoms with Crippen molar-refractivity contribution in [1.82, 2.24) is 10.3 Å². The SMILES string of the molecule is CCOc1cccc2cc(C(C)NC(=O)c3c(C)[nH]c4ccccc34)oc12. The number of ether oxygens (including phenoxy) is 1. The molecule has 138 valence electrons. The number of aromatic amines is 1. The lowest BCUT2D eigenvalue weighted by molar-refractivity contribution is 0.0937. The van der Waals surface area contributed by atoms with E-state index in [0.717, 1.165) is 22.0 Å². The maximum atomic E-state index is 12.9. The molecule has 0 spiro atoms. The molecule has 2 N–H and O–H groups in total. The van der Waals surface area contributed by atoms with Crippen molar-refractivity contribution in [2.24, 2.45) is 0 Å². The summed E-state index contributed by atoms with van der Waals surface area (Å²) in [4.78, 5) is 16.2. The lowest BCUT2D eigenvalue weighted by Gasteiger charge is -2.11. The Kier molecular flexibility index (Phi) is 4.36. The average Bonchev–Trinajstić information content (AvgIpc) is 3.22. The molecule has 0 radical (unpaired) electrons. The zero-order valence-corrected chi connectivity index (χ0v) is 15.6. The second kappa shape index (κ2) is 6.83. The van der Waals surface area contributed by atoms with Gasteiger partial charge in [0.15, 0.2) is 11.3 Å². The molecule has 0 aliphatic carbocycles. The number of aromatic nitrogens is 1. The van der Waals surface area contributed by atoms with Gasteiger partial charge in [0.2, 0.25) is 0 Å². The predicted molar refractivity (Wildman–Crippen MR) is 106 cm³/mol. The minimum absolute atomic E-state index is 0.122. The fraction of sp³-hybridized carbons (Fsp3) is 0.227. The van der Waals surface area contributed by atoms with Gasteiger partial charge in [-0.05, 0) is 39.0 Å². The Morgan fingerprint density at radius 2 is 2.04 bits per heavy atom. The van der Waals surface area contributed by atoms with Crippen molar-refractivity contribution >= 4 is 27.8 Å². The van der Waals surface area contributed by atoms with Crippen LogP contribution in [-0.2, 0) is 0 Å². The molecule has 0 aliphatic rings. The highest BCUT2D eigenvalue weighted by Gasteiger charge is 2.20. The molecule has 0 fully saturated rings. The molecule has 1 amide bonds. The first-order valence-corrected chi connectivity index (χ1v) is 9.12. The summed E-state index contributed by atoms with van der Waals surface area (Å²) in [5.74, 6) is 1.29. The van der Waals surface area contributed by atoms with E-state index in [4.69, 9.17) is 9.15 Å². The largest absolute Gasteiger partial charge is 0.490 e. The van der Waals surface area contributed by atoms with Crippen LogP contribution < -0.4 is 10.1 Å². The van der Waals surface area contributed by atoms with Crippen molar-refractivity contribution in [3.63, 3.8) is 0 Å². The highest BCUT2D eigenvalue weighted by Crippen LogP contribution is 2.31. The van der Waals surface area contributed by atoms with Crippen molar-refractivity contribution in [1.29, 1.82) is 0 Å². The van der Waals surface area contributed by atoms with Gasteiger partial charge in [-0.3, -0.25) is 4.79 Å². The highest BCUT2D eigenvalue weighted by molar-refractivity contribution is 6.08. The Hall–Kier alpha value is -3.21. The molecule has 2 heterocycles. The second-order valence-corrected chi connectivity index (χ2v) is 6.62. The van der Waals surface area contributed by atoms with Crippen LogP contribution in [0.15, 0.2) is 52.9 Å². The number of hydrogen-bond acceptors (Lipinski definition) is 3. The third kappa shape index (κ3) is 3.05. The molecule has 0 aliphatic heterocycles. The van der Waals surface area contributed by atoms with Crippen LogP contribution in [0.2, 0.25) is 0 Å². The molecule has 4 rings (SSSR count). The second-order valence-electron chi connectivity index (χ2n) is 6.62. The van der Waals surface area contributed by atoms with Crippen molar-refractivity contribution < 1.29 is 13.9 Å². The number of amides is 1. The molecule has 0 saturated heterocycles. The maximum absolute atomic E-state index is 12.9. The van der Waals surface area contributed by atoms with Crippen molar-refractivity contribution in [3.05, 3.63) is 65.5 Å². The minimum Gasteiger partial charge on any atom is -0.490 e. The Morgan fingerprint density at radius 1 is 1.22 bits per heavy atom. The van der Waals surface area contributed by atoms with E-state index in [1.165, 1.54) is 0 Å². The number of H-pyrrole nitrogens is 1. The van der Waals surface area contributed by atoms with E-state index in [-0.39, 0.29) is 11.9 Å². The Balaban J connectivity index is 1.63. The molecule has 1 atom stereocenters. The first-order chi connectivity index (χ1) is 13.1. The van der Waals surface area contributed by atoms with E-state index in [1.54, 1.807) is 0 Å². The number of rotatable bonds is 5. The number of nitrogens with one attached hydrogen (secondary N) is 2. The molecule has 2 aromatic heterocycles. The number of furan rings is 1. The summed E-state index contributed by atoms with van der Waals surface area (Å²) >= 11 is 0. The Bertz CT molecular complexity index is 1120. The topological polar surface area (TPSA) is 67.3 Å². The number of carbonyl (C=O) groups excluding carboxylic acids is 1. The van der Waals surface area contributed by atoms with E-state index >= 15 is 0 Å². The third-order valence-corrected chi connectivity index (χ3v) is 4.72. The van der Waals surface area contributed by atoms with E-state index < -0.39 is 0 Å². The Labute approximate surface area is 157 Å². The van der Waals surface area contributed by atoms with E-state index in [2.05, 4.69) is 10.3 Å². The van der Waals surface area contributed by atoms with E-state index in [0.29, 0.717) is 29.3 Å². The molecule has 4 aromatic rings. The molecule has 1 unspecified atom stereocenters. The lowest BCUT2D eigenvalue weighted by atomic mass is 10.1. The van der Waals surface area contributed by atoms with Gasteiger partial charge in [0.25, 0.3) is 5.91 Å². The zero-order valence-electron chi connectivity index (χ0n) is 15.6.